The second-order valence-corrected chi connectivity index (χ2v) is 38.1. The van der Waals surface area contributed by atoms with Gasteiger partial charge in [0.2, 0.25) is 88.6 Å². The van der Waals surface area contributed by atoms with Gasteiger partial charge < -0.3 is 165 Å². The molecule has 0 aromatic rings. The lowest BCUT2D eigenvalue weighted by Gasteiger charge is -2.35. The van der Waals surface area contributed by atoms with E-state index in [9.17, 15) is 43.5 Å². The number of hydrogen-bond donors (Lipinski definition) is 31. The Morgan fingerprint density at radius 1 is 0.294 bits per heavy atom. The lowest BCUT2D eigenvalue weighted by Crippen LogP contribution is -2.61. The summed E-state index contributed by atoms with van der Waals surface area (Å²) < 4.78 is 0. The van der Waals surface area contributed by atoms with Crippen molar-refractivity contribution in [1.82, 2.24) is 114 Å². The van der Waals surface area contributed by atoms with Crippen molar-refractivity contribution in [2.75, 3.05) is 91.6 Å². The van der Waals surface area contributed by atoms with Crippen LogP contribution in [0.4, 0.5) is 0 Å². The zero-order valence-corrected chi connectivity index (χ0v) is 82.7. The van der Waals surface area contributed by atoms with Crippen LogP contribution in [0.5, 0.6) is 0 Å². The number of nitrogens with two attached hydrogens (primary N) is 8. The van der Waals surface area contributed by atoms with Gasteiger partial charge in [-0.3, -0.25) is 110 Å². The molecule has 0 unspecified atom stereocenters. The lowest BCUT2D eigenvalue weighted by molar-refractivity contribution is -0.151. The predicted molar refractivity (Wildman–Crippen MR) is 527 cm³/mol. The largest absolute Gasteiger partial charge is 0.480 e. The molecular formula is C89H157N37O17. The van der Waals surface area contributed by atoms with Crippen LogP contribution in [0.25, 0.3) is 0 Å². The minimum Gasteiger partial charge on any atom is -0.480 e. The van der Waals surface area contributed by atoms with Gasteiger partial charge in [-0.2, -0.15) is 0 Å². The second kappa shape index (κ2) is 58.1. The van der Waals surface area contributed by atoms with Crippen molar-refractivity contribution in [1.29, 1.82) is 37.9 Å². The van der Waals surface area contributed by atoms with Gasteiger partial charge in [-0.15, -0.1) is 0 Å². The Balaban J connectivity index is 1.05. The fraction of sp³-hybridized carbons (Fsp3) is 0.742. The summed E-state index contributed by atoms with van der Waals surface area (Å²) >= 11 is 0. The van der Waals surface area contributed by atoms with E-state index in [1.165, 1.54) is 34.3 Å². The van der Waals surface area contributed by atoms with Crippen LogP contribution in [0.3, 0.4) is 0 Å². The molecule has 0 aromatic carbocycles. The van der Waals surface area contributed by atoms with E-state index in [0.29, 0.717) is 57.8 Å². The van der Waals surface area contributed by atoms with E-state index >= 15 is 38.4 Å². The fourth-order valence-corrected chi connectivity index (χ4v) is 19.4. The number of amides is 15. The molecule has 7 aliphatic heterocycles. The summed E-state index contributed by atoms with van der Waals surface area (Å²) in [6.07, 6.45) is 5.20. The van der Waals surface area contributed by atoms with Gasteiger partial charge in [0, 0.05) is 91.6 Å². The summed E-state index contributed by atoms with van der Waals surface area (Å²) in [5, 5.41) is 105. The molecule has 7 heterocycles. The Morgan fingerprint density at radius 3 is 0.846 bits per heavy atom. The predicted octanol–water partition coefficient (Wildman–Crippen LogP) is -7.85. The molecule has 0 bridgehead atoms. The van der Waals surface area contributed by atoms with Crippen molar-refractivity contribution in [2.24, 2.45) is 57.7 Å². The van der Waals surface area contributed by atoms with Crippen LogP contribution in [0, 0.1) is 49.7 Å². The monoisotopic (exact) mass is 2020 g/mol. The van der Waals surface area contributed by atoms with Gasteiger partial charge in [0.15, 0.2) is 41.7 Å². The number of hydrogen-bond acceptors (Lipinski definition) is 24. The smallest absolute Gasteiger partial charge is 0.326 e. The highest BCUT2D eigenvalue weighted by Crippen LogP contribution is 2.33. The number of aliphatic carboxylic acids is 1. The number of guanidine groups is 7. The van der Waals surface area contributed by atoms with Crippen LogP contribution in [0.2, 0.25) is 0 Å². The summed E-state index contributed by atoms with van der Waals surface area (Å²) in [4.78, 5) is 244. The van der Waals surface area contributed by atoms with Crippen LogP contribution in [0.1, 0.15) is 220 Å². The van der Waals surface area contributed by atoms with Gasteiger partial charge in [-0.1, -0.05) is 34.1 Å². The van der Waals surface area contributed by atoms with Gasteiger partial charge >= 0.3 is 5.97 Å². The molecule has 0 aromatic heterocycles. The average Bonchev–Trinajstić information content (AvgIpc) is 1.68. The maximum Gasteiger partial charge on any atom is 0.326 e. The standard InChI is InChI=1S/C89H157N37O17/c1-5-50(4)66(119-69(129)53(22-8-36-107-85(95)96)112-67(127)51(90)20-6-34-105-83(91)92)74(134)116-56(25-11-39-110-88(101)102)75(135)120-41-13-27-59(120)71(131)114-54(23-9-37-108-86(97)98)76(136)124-45-17-31-63(124)79(139)122-43-15-29-61(122)70(130)113-52(21-7-35-106-84(93)94)68(128)118-58(48-49(2)3)78(138)121-42-14-28-60(121)72(132)115-55(24-10-38-109-87(99)100)77(137)125-46-18-32-64(125)81(141)126-47-19-33-65(126)80(140)123-44-16-30-62(123)73(133)117-57(82(142)143)26-12-40-111-89(103)104/h49-66H,5-48,90H2,1-4H3,(H,112,127)(H,113,130)(H,114,131)(H,115,132)(H,116,134)(H,117,133)(H,118,128)(H,119,129)(H,142,143)(H4,91,92,105)(H4,93,94,106)(H4,95,96,107)(H4,97,98,108)(H4,99,100,109)(H4,101,102,110)(H4,103,104,111)/t50-,51-,52-,53-,54-,55-,56-,57-,58-,59-,60-,61-,62-,63-,64-,65-,66-/m0/s1. The molecule has 0 aliphatic carbocycles. The maximum atomic E-state index is 15.3. The van der Waals surface area contributed by atoms with Crippen molar-refractivity contribution in [3.05, 3.63) is 0 Å². The lowest BCUT2D eigenvalue weighted by atomic mass is 9.96. The number of carbonyl (C=O) groups excluding carboxylic acids is 15. The first-order valence-corrected chi connectivity index (χ1v) is 50.0. The van der Waals surface area contributed by atoms with Gasteiger partial charge in [0.1, 0.15) is 90.6 Å². The van der Waals surface area contributed by atoms with Crippen molar-refractivity contribution >= 4 is 136 Å². The zero-order chi connectivity index (χ0) is 105. The molecule has 7 aliphatic rings. The molecule has 7 rings (SSSR count). The third-order valence-corrected chi connectivity index (χ3v) is 26.9. The number of rotatable bonds is 56. The van der Waals surface area contributed by atoms with Gasteiger partial charge in [-0.05, 0) is 198 Å². The SMILES string of the molecule is CC[C@H](C)[C@H](NC(=O)[C@H](CCCNC(=N)N)NC(=O)[C@@H](N)CCCNC(=N)N)C(=O)N[C@@H](CCCNC(=N)N)C(=O)N1CCC[C@H]1C(=O)N[C@@H](CCCNC(=N)N)C(=O)N1CCC[C@H]1C(=O)N1CCC[C@H]1C(=O)N[C@@H](CCCNC(=N)N)C(=O)N[C@@H](CC(C)C)C(=O)N1CCC[C@H]1C(=O)N[C@@H](CCCNC(=N)N)C(=O)N1CCC[C@H]1C(=O)N1CCC[C@H]1C(=O)N1CCC[C@H]1C(=O)N[C@@H](CCCNC(=N)N)C(=O)O. The highest BCUT2D eigenvalue weighted by atomic mass is 16.4. The summed E-state index contributed by atoms with van der Waals surface area (Å²) in [6, 6.07) is -19.7. The van der Waals surface area contributed by atoms with E-state index in [1.807, 2.05) is 13.8 Å². The van der Waals surface area contributed by atoms with Gasteiger partial charge in [0.05, 0.1) is 6.04 Å². The molecule has 143 heavy (non-hydrogen) atoms. The van der Waals surface area contributed by atoms with Crippen molar-refractivity contribution in [3.63, 3.8) is 0 Å². The quantitative estimate of drug-likeness (QED) is 0.0153. The first kappa shape index (κ1) is 116. The second-order valence-electron chi connectivity index (χ2n) is 38.1. The number of nitrogens with zero attached hydrogens (tertiary/aromatic N) is 7. The normalized spacial score (nSPS) is 20.7. The molecule has 0 radical (unpaired) electrons. The molecule has 7 fully saturated rings. The van der Waals surface area contributed by atoms with Crippen LogP contribution in [-0.4, -0.2) is 364 Å². The van der Waals surface area contributed by atoms with Crippen LogP contribution in [-0.2, 0) is 76.7 Å². The molecule has 0 spiro atoms. The molecule has 0 saturated carbocycles. The number of carboxylic acids is 1. The molecule has 54 heteroatoms. The van der Waals surface area contributed by atoms with Crippen molar-refractivity contribution < 1.29 is 81.8 Å². The molecular weight excluding hydrogens is 1860 g/mol. The Morgan fingerprint density at radius 2 is 0.524 bits per heavy atom. The molecule has 800 valence electrons. The van der Waals surface area contributed by atoms with E-state index in [-0.39, 0.29) is 274 Å². The van der Waals surface area contributed by atoms with E-state index < -0.39 is 197 Å². The average molecular weight is 2020 g/mol. The third kappa shape index (κ3) is 35.8. The Hall–Kier alpha value is -13.6. The van der Waals surface area contributed by atoms with Crippen LogP contribution in [0.15, 0.2) is 0 Å². The number of carboxylic acid groups (broad SMARTS) is 1. The van der Waals surface area contributed by atoms with Crippen molar-refractivity contribution in [2.45, 2.75) is 317 Å². The molecule has 39 N–H and O–H groups in total. The minimum atomic E-state index is -1.40. The fourth-order valence-electron chi connectivity index (χ4n) is 19.4. The Bertz CT molecular complexity index is 4490. The zero-order valence-electron chi connectivity index (χ0n) is 82.7. The number of likely N-dealkylation sites (tertiary alicyclic amines) is 7. The Labute approximate surface area is 832 Å². The van der Waals surface area contributed by atoms with E-state index in [2.05, 4.69) is 79.8 Å². The first-order chi connectivity index (χ1) is 67.9. The summed E-state index contributed by atoms with van der Waals surface area (Å²) in [6.45, 7) is 8.51. The van der Waals surface area contributed by atoms with Crippen molar-refractivity contribution in [3.8, 4) is 0 Å². The number of carbonyl (C=O) groups is 16. The molecule has 15 amide bonds. The Kier molecular flexibility index (Phi) is 47.2. The summed E-state index contributed by atoms with van der Waals surface area (Å²) in [5.74, 6) is -14.8. The molecule has 7 saturated heterocycles. The van der Waals surface area contributed by atoms with Crippen LogP contribution < -0.4 is 126 Å². The van der Waals surface area contributed by atoms with E-state index in [4.69, 9.17) is 83.7 Å². The number of nitrogens with one attached hydrogen (secondary N) is 22. The third-order valence-electron chi connectivity index (χ3n) is 26.9. The maximum absolute atomic E-state index is 15.3. The summed E-state index contributed by atoms with van der Waals surface area (Å²) in [7, 11) is 0. The first-order valence-electron chi connectivity index (χ1n) is 50.0. The molecule has 17 atom stereocenters. The van der Waals surface area contributed by atoms with E-state index in [1.54, 1.807) is 13.8 Å². The minimum absolute atomic E-state index is 0.00285. The highest BCUT2D eigenvalue weighted by Gasteiger charge is 2.51. The van der Waals surface area contributed by atoms with E-state index in [0.717, 1.165) is 0 Å². The van der Waals surface area contributed by atoms with Gasteiger partial charge in [-0.25, -0.2) is 4.79 Å². The van der Waals surface area contributed by atoms with Crippen LogP contribution >= 0.6 is 0 Å². The molecule has 54 nitrogen and oxygen atoms in total. The highest BCUT2D eigenvalue weighted by molar-refractivity contribution is 6.02. The van der Waals surface area contributed by atoms with Gasteiger partial charge in [0.25, 0.3) is 0 Å². The topological polar surface area (TPSA) is 872 Å². The summed E-state index contributed by atoms with van der Waals surface area (Å²) in [5.41, 5.74) is 45.0.